The number of nitro benzene ring substituents is 1. The summed E-state index contributed by atoms with van der Waals surface area (Å²) in [4.78, 5) is 26.0. The van der Waals surface area contributed by atoms with Crippen LogP contribution in [0.3, 0.4) is 0 Å². The van der Waals surface area contributed by atoms with E-state index in [1.54, 1.807) is 48.0 Å². The highest BCUT2D eigenvalue weighted by Crippen LogP contribution is 2.28. The van der Waals surface area contributed by atoms with Crippen molar-refractivity contribution in [3.8, 4) is 17.3 Å². The van der Waals surface area contributed by atoms with Crippen LogP contribution in [-0.2, 0) is 4.79 Å². The Hall–Kier alpha value is -4.03. The molecule has 0 spiro atoms. The summed E-state index contributed by atoms with van der Waals surface area (Å²) in [5, 5.41) is 28.4. The maximum Gasteiger partial charge on any atom is 0.270 e. The highest BCUT2D eigenvalue weighted by molar-refractivity contribution is 7.11. The number of carbonyl (C=O) groups is 1. The van der Waals surface area contributed by atoms with Crippen LogP contribution in [0.25, 0.3) is 16.8 Å². The van der Waals surface area contributed by atoms with E-state index in [-0.39, 0.29) is 11.6 Å². The lowest BCUT2D eigenvalue weighted by Crippen LogP contribution is -2.05. The summed E-state index contributed by atoms with van der Waals surface area (Å²) in [6.45, 7) is 1.43. The standard InChI is InChI=1S/C20H15N5O3S/c1-13(26)23-17-7-5-16(6-8-17)22-11-15(10-21)20-24-19(12-29-20)14-3-2-4-18(9-14)25(27)28/h2-9,11-12,22H,1H3,(H,23,26). The van der Waals surface area contributed by atoms with Crippen molar-refractivity contribution >= 4 is 39.9 Å². The number of non-ortho nitro benzene ring substituents is 1. The van der Waals surface area contributed by atoms with Gasteiger partial charge >= 0.3 is 0 Å². The molecule has 29 heavy (non-hydrogen) atoms. The molecule has 0 aliphatic carbocycles. The van der Waals surface area contributed by atoms with Gasteiger partial charge < -0.3 is 10.6 Å². The highest BCUT2D eigenvalue weighted by Gasteiger charge is 2.12. The van der Waals surface area contributed by atoms with Gasteiger partial charge in [-0.15, -0.1) is 11.3 Å². The molecule has 0 fully saturated rings. The Morgan fingerprint density at radius 1 is 1.24 bits per heavy atom. The van der Waals surface area contributed by atoms with Crippen LogP contribution in [-0.4, -0.2) is 15.8 Å². The third-order valence-corrected chi connectivity index (χ3v) is 4.67. The second kappa shape index (κ2) is 8.77. The topological polar surface area (TPSA) is 121 Å². The van der Waals surface area contributed by atoms with Crippen LogP contribution in [0.4, 0.5) is 17.1 Å². The molecule has 2 aromatic carbocycles. The first-order valence-corrected chi connectivity index (χ1v) is 9.29. The van der Waals surface area contributed by atoms with E-state index in [1.807, 2.05) is 0 Å². The first-order valence-electron chi connectivity index (χ1n) is 8.41. The summed E-state index contributed by atoms with van der Waals surface area (Å²) < 4.78 is 0. The Kier molecular flexibility index (Phi) is 5.97. The largest absolute Gasteiger partial charge is 0.360 e. The maximum absolute atomic E-state index is 11.1. The minimum absolute atomic E-state index is 0.0162. The monoisotopic (exact) mass is 405 g/mol. The summed E-state index contributed by atoms with van der Waals surface area (Å²) in [5.74, 6) is -0.152. The summed E-state index contributed by atoms with van der Waals surface area (Å²) in [6.07, 6.45) is 1.55. The van der Waals surface area contributed by atoms with Crippen molar-refractivity contribution < 1.29 is 9.72 Å². The zero-order chi connectivity index (χ0) is 20.8. The zero-order valence-corrected chi connectivity index (χ0v) is 16.1. The number of amides is 1. The van der Waals surface area contributed by atoms with E-state index in [0.717, 1.165) is 5.69 Å². The van der Waals surface area contributed by atoms with Crippen molar-refractivity contribution in [2.45, 2.75) is 6.92 Å². The predicted molar refractivity (Wildman–Crippen MR) is 112 cm³/mol. The van der Waals surface area contributed by atoms with Gasteiger partial charge in [0.1, 0.15) is 16.6 Å². The summed E-state index contributed by atoms with van der Waals surface area (Å²) in [6, 6.07) is 15.3. The van der Waals surface area contributed by atoms with Crippen molar-refractivity contribution in [3.05, 3.63) is 75.2 Å². The Bertz CT molecular complexity index is 1130. The molecule has 1 aromatic heterocycles. The van der Waals surface area contributed by atoms with E-state index in [4.69, 9.17) is 0 Å². The van der Waals surface area contributed by atoms with Gasteiger partial charge in [-0.25, -0.2) is 4.98 Å². The number of hydrogen-bond acceptors (Lipinski definition) is 7. The van der Waals surface area contributed by atoms with Crippen LogP contribution in [0.5, 0.6) is 0 Å². The molecular formula is C20H15N5O3S. The van der Waals surface area contributed by atoms with Crippen molar-refractivity contribution in [1.82, 2.24) is 4.98 Å². The Morgan fingerprint density at radius 3 is 2.62 bits per heavy atom. The lowest BCUT2D eigenvalue weighted by Gasteiger charge is -2.04. The van der Waals surface area contributed by atoms with E-state index in [1.165, 1.54) is 30.4 Å². The average molecular weight is 405 g/mol. The Balaban J connectivity index is 1.77. The number of anilines is 2. The Morgan fingerprint density at radius 2 is 1.97 bits per heavy atom. The van der Waals surface area contributed by atoms with E-state index >= 15 is 0 Å². The highest BCUT2D eigenvalue weighted by atomic mass is 32.1. The van der Waals surface area contributed by atoms with Crippen molar-refractivity contribution in [2.24, 2.45) is 0 Å². The van der Waals surface area contributed by atoms with Crippen molar-refractivity contribution in [2.75, 3.05) is 10.6 Å². The first kappa shape index (κ1) is 19.7. The molecule has 1 heterocycles. The lowest BCUT2D eigenvalue weighted by atomic mass is 10.1. The van der Waals surface area contributed by atoms with Crippen LogP contribution < -0.4 is 10.6 Å². The number of nitriles is 1. The number of nitro groups is 1. The fourth-order valence-corrected chi connectivity index (χ4v) is 3.25. The molecule has 0 saturated heterocycles. The zero-order valence-electron chi connectivity index (χ0n) is 15.2. The number of nitrogens with zero attached hydrogens (tertiary/aromatic N) is 3. The van der Waals surface area contributed by atoms with Gasteiger partial charge in [0.15, 0.2) is 0 Å². The van der Waals surface area contributed by atoms with Gasteiger partial charge in [0.25, 0.3) is 5.69 Å². The quantitative estimate of drug-likeness (QED) is 0.350. The van der Waals surface area contributed by atoms with Crippen LogP contribution in [0.1, 0.15) is 11.9 Å². The van der Waals surface area contributed by atoms with Gasteiger partial charge in [-0.1, -0.05) is 12.1 Å². The number of rotatable bonds is 6. The van der Waals surface area contributed by atoms with Gasteiger partial charge in [0.2, 0.25) is 5.91 Å². The molecule has 144 valence electrons. The number of benzene rings is 2. The van der Waals surface area contributed by atoms with Gasteiger partial charge in [0.05, 0.1) is 10.6 Å². The summed E-state index contributed by atoms with van der Waals surface area (Å²) in [7, 11) is 0. The van der Waals surface area contributed by atoms with Crippen LogP contribution >= 0.6 is 11.3 Å². The van der Waals surface area contributed by atoms with Gasteiger partial charge in [-0.3, -0.25) is 14.9 Å². The van der Waals surface area contributed by atoms with E-state index in [0.29, 0.717) is 27.5 Å². The number of hydrogen-bond donors (Lipinski definition) is 2. The third kappa shape index (κ3) is 5.03. The minimum Gasteiger partial charge on any atom is -0.360 e. The predicted octanol–water partition coefficient (Wildman–Crippen LogP) is 4.65. The summed E-state index contributed by atoms with van der Waals surface area (Å²) >= 11 is 1.28. The molecule has 9 heteroatoms. The lowest BCUT2D eigenvalue weighted by molar-refractivity contribution is -0.384. The number of allylic oxidation sites excluding steroid dienone is 1. The van der Waals surface area contributed by atoms with Crippen molar-refractivity contribution in [1.29, 1.82) is 5.26 Å². The smallest absolute Gasteiger partial charge is 0.270 e. The number of aromatic nitrogens is 1. The van der Waals surface area contributed by atoms with Gasteiger partial charge in [-0.05, 0) is 24.3 Å². The molecule has 0 unspecified atom stereocenters. The molecule has 0 aliphatic heterocycles. The Labute approximate surface area is 170 Å². The molecule has 0 saturated carbocycles. The van der Waals surface area contributed by atoms with E-state index < -0.39 is 4.92 Å². The molecule has 0 bridgehead atoms. The third-order valence-electron chi connectivity index (χ3n) is 3.80. The molecule has 3 aromatic rings. The molecule has 8 nitrogen and oxygen atoms in total. The number of nitrogens with one attached hydrogen (secondary N) is 2. The molecule has 1 amide bonds. The minimum atomic E-state index is -0.460. The molecule has 2 N–H and O–H groups in total. The van der Waals surface area contributed by atoms with Crippen LogP contribution in [0, 0.1) is 21.4 Å². The number of carbonyl (C=O) groups excluding carboxylic acids is 1. The SMILES string of the molecule is CC(=O)Nc1ccc(NC=C(C#N)c2nc(-c3cccc([N+](=O)[O-])c3)cs2)cc1. The van der Waals surface area contributed by atoms with E-state index in [2.05, 4.69) is 21.7 Å². The van der Waals surface area contributed by atoms with Crippen LogP contribution in [0.15, 0.2) is 60.1 Å². The maximum atomic E-state index is 11.1. The van der Waals surface area contributed by atoms with E-state index in [9.17, 15) is 20.2 Å². The molecule has 0 aliphatic rings. The molecule has 0 radical (unpaired) electrons. The molecular weight excluding hydrogens is 390 g/mol. The van der Waals surface area contributed by atoms with Crippen molar-refractivity contribution in [3.63, 3.8) is 0 Å². The number of thiazole rings is 1. The summed E-state index contributed by atoms with van der Waals surface area (Å²) in [5.41, 5.74) is 2.90. The van der Waals surface area contributed by atoms with Crippen LogP contribution in [0.2, 0.25) is 0 Å². The van der Waals surface area contributed by atoms with Gasteiger partial charge in [-0.2, -0.15) is 5.26 Å². The molecule has 0 atom stereocenters. The first-order chi connectivity index (χ1) is 14.0. The average Bonchev–Trinajstić information content (AvgIpc) is 3.19. The normalized spacial score (nSPS) is 10.8. The fourth-order valence-electron chi connectivity index (χ4n) is 2.46. The molecule has 3 rings (SSSR count). The van der Waals surface area contributed by atoms with Gasteiger partial charge in [0, 0.05) is 47.6 Å². The fraction of sp³-hybridized carbons (Fsp3) is 0.0500. The second-order valence-corrected chi connectivity index (χ2v) is 6.78. The second-order valence-electron chi connectivity index (χ2n) is 5.92.